The third kappa shape index (κ3) is 3.26. The lowest BCUT2D eigenvalue weighted by molar-refractivity contribution is -0.128. The summed E-state index contributed by atoms with van der Waals surface area (Å²) in [6.07, 6.45) is 0.292. The number of hydrogen-bond acceptors (Lipinski definition) is 3. The van der Waals surface area contributed by atoms with Gasteiger partial charge in [-0.05, 0) is 16.3 Å². The molecule has 0 aliphatic rings. The van der Waals surface area contributed by atoms with E-state index in [-0.39, 0.29) is 18.3 Å². The number of nitrogens with zero attached hydrogens (tertiary/aromatic N) is 2. The molecular formula is C15H17N3O2. The van der Waals surface area contributed by atoms with E-state index in [1.807, 2.05) is 42.5 Å². The molecule has 1 amide bonds. The summed E-state index contributed by atoms with van der Waals surface area (Å²) in [6, 6.07) is 14.0. The van der Waals surface area contributed by atoms with E-state index >= 15 is 0 Å². The summed E-state index contributed by atoms with van der Waals surface area (Å²) in [5, 5.41) is 13.6. The van der Waals surface area contributed by atoms with Gasteiger partial charge in [-0.15, -0.1) is 0 Å². The van der Waals surface area contributed by atoms with Crippen molar-refractivity contribution in [3.05, 3.63) is 48.0 Å². The lowest BCUT2D eigenvalue weighted by Gasteiger charge is -2.16. The van der Waals surface area contributed by atoms with Gasteiger partial charge in [-0.3, -0.25) is 4.79 Å². The summed E-state index contributed by atoms with van der Waals surface area (Å²) in [7, 11) is 1.63. The first-order valence-electron chi connectivity index (χ1n) is 6.28. The number of amides is 1. The number of nitrogens with two attached hydrogens (primary N) is 1. The van der Waals surface area contributed by atoms with Crippen LogP contribution >= 0.6 is 0 Å². The van der Waals surface area contributed by atoms with Crippen LogP contribution in [-0.2, 0) is 11.2 Å². The summed E-state index contributed by atoms with van der Waals surface area (Å²) in [4.78, 5) is 13.5. The Labute approximate surface area is 117 Å². The summed E-state index contributed by atoms with van der Waals surface area (Å²) in [5.74, 6) is -0.0637. The molecule has 3 N–H and O–H groups in total. The van der Waals surface area contributed by atoms with Gasteiger partial charge in [-0.25, -0.2) is 0 Å². The summed E-state index contributed by atoms with van der Waals surface area (Å²) in [6.45, 7) is 0.114. The first-order chi connectivity index (χ1) is 9.60. The van der Waals surface area contributed by atoms with Crippen molar-refractivity contribution in [2.24, 2.45) is 10.9 Å². The van der Waals surface area contributed by atoms with Crippen molar-refractivity contribution in [2.75, 3.05) is 13.6 Å². The molecule has 2 aromatic carbocycles. The van der Waals surface area contributed by atoms with E-state index in [9.17, 15) is 4.79 Å². The van der Waals surface area contributed by atoms with Crippen molar-refractivity contribution >= 4 is 22.5 Å². The maximum atomic E-state index is 12.0. The molecule has 104 valence electrons. The van der Waals surface area contributed by atoms with Gasteiger partial charge < -0.3 is 15.8 Å². The topological polar surface area (TPSA) is 78.9 Å². The molecule has 0 spiro atoms. The van der Waals surface area contributed by atoms with E-state index in [1.54, 1.807) is 7.05 Å². The lowest BCUT2D eigenvalue weighted by atomic mass is 10.0. The highest BCUT2D eigenvalue weighted by atomic mass is 16.4. The minimum Gasteiger partial charge on any atom is -0.409 e. The second-order valence-electron chi connectivity index (χ2n) is 4.70. The number of oxime groups is 1. The van der Waals surface area contributed by atoms with E-state index in [1.165, 1.54) is 4.90 Å². The predicted molar refractivity (Wildman–Crippen MR) is 78.7 cm³/mol. The number of carbonyl (C=O) groups is 1. The van der Waals surface area contributed by atoms with Crippen LogP contribution in [0, 0.1) is 0 Å². The fraction of sp³-hybridized carbons (Fsp3) is 0.200. The molecule has 0 saturated carbocycles. The maximum Gasteiger partial charge on any atom is 0.227 e. The summed E-state index contributed by atoms with van der Waals surface area (Å²) >= 11 is 0. The van der Waals surface area contributed by atoms with Crippen LogP contribution < -0.4 is 5.73 Å². The molecule has 0 heterocycles. The summed E-state index contributed by atoms with van der Waals surface area (Å²) in [5.41, 5.74) is 6.33. The Bertz CT molecular complexity index is 652. The fourth-order valence-corrected chi connectivity index (χ4v) is 2.02. The van der Waals surface area contributed by atoms with Crippen LogP contribution in [0.4, 0.5) is 0 Å². The second-order valence-corrected chi connectivity index (χ2v) is 4.70. The lowest BCUT2D eigenvalue weighted by Crippen LogP contribution is -2.36. The zero-order valence-electron chi connectivity index (χ0n) is 11.3. The van der Waals surface area contributed by atoms with Crippen LogP contribution in [-0.4, -0.2) is 35.4 Å². The monoisotopic (exact) mass is 271 g/mol. The highest BCUT2D eigenvalue weighted by molar-refractivity contribution is 5.88. The molecule has 0 atom stereocenters. The fourth-order valence-electron chi connectivity index (χ4n) is 2.02. The van der Waals surface area contributed by atoms with Crippen molar-refractivity contribution in [2.45, 2.75) is 6.42 Å². The molecule has 0 bridgehead atoms. The molecule has 0 aliphatic carbocycles. The first kappa shape index (κ1) is 13.9. The Balaban J connectivity index is 2.09. The third-order valence-electron chi connectivity index (χ3n) is 3.12. The number of amidine groups is 1. The number of hydrogen-bond donors (Lipinski definition) is 2. The van der Waals surface area contributed by atoms with Gasteiger partial charge in [0, 0.05) is 7.05 Å². The van der Waals surface area contributed by atoms with E-state index in [2.05, 4.69) is 5.16 Å². The van der Waals surface area contributed by atoms with Gasteiger partial charge in [0.25, 0.3) is 0 Å². The smallest absolute Gasteiger partial charge is 0.227 e. The van der Waals surface area contributed by atoms with E-state index in [0.717, 1.165) is 16.3 Å². The van der Waals surface area contributed by atoms with Crippen molar-refractivity contribution in [3.8, 4) is 0 Å². The number of likely N-dealkylation sites (N-methyl/N-ethyl adjacent to an activating group) is 1. The standard InChI is InChI=1S/C15H17N3O2/c1-18(10-14(16)17-20)15(19)9-11-6-7-12-4-2-3-5-13(12)8-11/h2-8,20H,9-10H2,1H3,(H2,16,17). The zero-order valence-corrected chi connectivity index (χ0v) is 11.3. The van der Waals surface area contributed by atoms with Gasteiger partial charge in [-0.2, -0.15) is 0 Å². The first-order valence-corrected chi connectivity index (χ1v) is 6.28. The molecular weight excluding hydrogens is 254 g/mol. The average molecular weight is 271 g/mol. The van der Waals surface area contributed by atoms with Gasteiger partial charge in [0.15, 0.2) is 5.84 Å². The number of rotatable bonds is 4. The predicted octanol–water partition coefficient (Wildman–Crippen LogP) is 1.59. The normalized spacial score (nSPS) is 11.6. The maximum absolute atomic E-state index is 12.0. The van der Waals surface area contributed by atoms with E-state index in [0.29, 0.717) is 6.42 Å². The molecule has 5 heteroatoms. The van der Waals surface area contributed by atoms with Gasteiger partial charge in [0.05, 0.1) is 13.0 Å². The molecule has 0 aromatic heterocycles. The highest BCUT2D eigenvalue weighted by Gasteiger charge is 2.11. The molecule has 2 aromatic rings. The van der Waals surface area contributed by atoms with Gasteiger partial charge in [0.2, 0.25) is 5.91 Å². The van der Waals surface area contributed by atoms with Crippen molar-refractivity contribution in [1.29, 1.82) is 0 Å². The Morgan fingerprint density at radius 1 is 1.25 bits per heavy atom. The van der Waals surface area contributed by atoms with Gasteiger partial charge >= 0.3 is 0 Å². The molecule has 5 nitrogen and oxygen atoms in total. The van der Waals surface area contributed by atoms with Crippen LogP contribution in [0.2, 0.25) is 0 Å². The van der Waals surface area contributed by atoms with Crippen molar-refractivity contribution in [3.63, 3.8) is 0 Å². The largest absolute Gasteiger partial charge is 0.409 e. The molecule has 0 unspecified atom stereocenters. The van der Waals surface area contributed by atoms with Crippen LogP contribution in [0.15, 0.2) is 47.6 Å². The van der Waals surface area contributed by atoms with Crippen molar-refractivity contribution in [1.82, 2.24) is 4.90 Å². The third-order valence-corrected chi connectivity index (χ3v) is 3.12. The molecule has 0 aliphatic heterocycles. The minimum atomic E-state index is -0.0770. The number of fused-ring (bicyclic) bond motifs is 1. The molecule has 0 fully saturated rings. The zero-order chi connectivity index (χ0) is 14.5. The molecule has 0 saturated heterocycles. The van der Waals surface area contributed by atoms with Crippen molar-refractivity contribution < 1.29 is 10.0 Å². The van der Waals surface area contributed by atoms with Gasteiger partial charge in [0.1, 0.15) is 0 Å². The van der Waals surface area contributed by atoms with Crippen LogP contribution in [0.1, 0.15) is 5.56 Å². The highest BCUT2D eigenvalue weighted by Crippen LogP contribution is 2.16. The Hall–Kier alpha value is -2.56. The minimum absolute atomic E-state index is 0.0133. The van der Waals surface area contributed by atoms with E-state index in [4.69, 9.17) is 10.9 Å². The molecule has 20 heavy (non-hydrogen) atoms. The Morgan fingerprint density at radius 3 is 2.65 bits per heavy atom. The van der Waals surface area contributed by atoms with E-state index < -0.39 is 0 Å². The summed E-state index contributed by atoms with van der Waals surface area (Å²) < 4.78 is 0. The SMILES string of the molecule is CN(CC(N)=NO)C(=O)Cc1ccc2ccccc2c1. The molecule has 0 radical (unpaired) electrons. The van der Waals surface area contributed by atoms with Gasteiger partial charge in [-0.1, -0.05) is 47.6 Å². The number of carbonyl (C=O) groups excluding carboxylic acids is 1. The molecule has 2 rings (SSSR count). The average Bonchev–Trinajstić information content (AvgIpc) is 2.46. The van der Waals surface area contributed by atoms with Crippen LogP contribution in [0.5, 0.6) is 0 Å². The Kier molecular flexibility index (Phi) is 4.20. The Morgan fingerprint density at radius 2 is 1.95 bits per heavy atom. The second kappa shape index (κ2) is 6.06. The number of benzene rings is 2. The van der Waals surface area contributed by atoms with Crippen LogP contribution in [0.25, 0.3) is 10.8 Å². The van der Waals surface area contributed by atoms with Crippen LogP contribution in [0.3, 0.4) is 0 Å². The quantitative estimate of drug-likeness (QED) is 0.383.